The van der Waals surface area contributed by atoms with Crippen molar-refractivity contribution in [2.75, 3.05) is 5.32 Å². The normalized spacial score (nSPS) is 10.1. The number of hydrogen-bond acceptors (Lipinski definition) is 4. The summed E-state index contributed by atoms with van der Waals surface area (Å²) in [6.45, 7) is 0. The molecule has 0 saturated carbocycles. The van der Waals surface area contributed by atoms with Gasteiger partial charge in [-0.05, 0) is 46.3 Å². The van der Waals surface area contributed by atoms with Crippen LogP contribution in [-0.4, -0.2) is 27.1 Å². The number of hydrogen-bond donors (Lipinski definition) is 3. The van der Waals surface area contributed by atoms with Crippen LogP contribution in [0, 0.1) is 0 Å². The van der Waals surface area contributed by atoms with Gasteiger partial charge in [0.25, 0.3) is 5.91 Å². The average Bonchev–Trinajstić information content (AvgIpc) is 2.42. The van der Waals surface area contributed by atoms with Crippen LogP contribution in [0.4, 0.5) is 5.82 Å². The van der Waals surface area contributed by atoms with Crippen molar-refractivity contribution in [1.82, 2.24) is 4.98 Å². The lowest BCUT2D eigenvalue weighted by molar-refractivity contribution is 0.0697. The first-order valence-electron chi connectivity index (χ1n) is 5.47. The fourth-order valence-corrected chi connectivity index (χ4v) is 1.76. The Morgan fingerprint density at radius 2 is 2.00 bits per heavy atom. The molecule has 102 valence electrons. The van der Waals surface area contributed by atoms with Crippen LogP contribution in [-0.2, 0) is 0 Å². The Balaban J connectivity index is 2.28. The van der Waals surface area contributed by atoms with Crippen LogP contribution < -0.4 is 5.32 Å². The van der Waals surface area contributed by atoms with Gasteiger partial charge in [0, 0.05) is 11.8 Å². The summed E-state index contributed by atoms with van der Waals surface area (Å²) in [6.07, 6.45) is 1.38. The van der Waals surface area contributed by atoms with E-state index in [9.17, 15) is 14.7 Å². The van der Waals surface area contributed by atoms with Gasteiger partial charge in [0.05, 0.1) is 4.47 Å². The van der Waals surface area contributed by atoms with E-state index in [0.29, 0.717) is 4.47 Å². The molecular formula is C13H9BrN2O4. The van der Waals surface area contributed by atoms with Crippen LogP contribution in [0.15, 0.2) is 41.0 Å². The third-order valence-corrected chi connectivity index (χ3v) is 3.15. The summed E-state index contributed by atoms with van der Waals surface area (Å²) in [5, 5.41) is 20.9. The first-order chi connectivity index (χ1) is 9.49. The van der Waals surface area contributed by atoms with Crippen molar-refractivity contribution in [2.45, 2.75) is 0 Å². The number of benzene rings is 1. The number of aromatic hydroxyl groups is 1. The Morgan fingerprint density at radius 1 is 1.25 bits per heavy atom. The number of amides is 1. The number of carbonyl (C=O) groups is 2. The molecule has 0 fully saturated rings. The van der Waals surface area contributed by atoms with Crippen molar-refractivity contribution in [2.24, 2.45) is 0 Å². The molecule has 2 rings (SSSR count). The van der Waals surface area contributed by atoms with Crippen molar-refractivity contribution in [3.63, 3.8) is 0 Å². The summed E-state index contributed by atoms with van der Waals surface area (Å²) in [5.74, 6) is -1.88. The van der Waals surface area contributed by atoms with Gasteiger partial charge >= 0.3 is 5.97 Å². The molecule has 0 bridgehead atoms. The second-order valence-electron chi connectivity index (χ2n) is 3.83. The zero-order valence-corrected chi connectivity index (χ0v) is 11.6. The van der Waals surface area contributed by atoms with Crippen molar-refractivity contribution in [1.29, 1.82) is 0 Å². The van der Waals surface area contributed by atoms with E-state index in [1.165, 1.54) is 36.5 Å². The smallest absolute Gasteiger partial charge is 0.339 e. The minimum absolute atomic E-state index is 0.0487. The van der Waals surface area contributed by atoms with Crippen LogP contribution >= 0.6 is 15.9 Å². The molecule has 0 saturated heterocycles. The van der Waals surface area contributed by atoms with E-state index in [2.05, 4.69) is 26.2 Å². The number of pyridine rings is 1. The Kier molecular flexibility index (Phi) is 3.99. The molecule has 0 spiro atoms. The Labute approximate surface area is 122 Å². The molecule has 0 radical (unpaired) electrons. The minimum Gasteiger partial charge on any atom is -0.507 e. The molecule has 0 aliphatic rings. The lowest BCUT2D eigenvalue weighted by atomic mass is 10.2. The molecule has 20 heavy (non-hydrogen) atoms. The van der Waals surface area contributed by atoms with E-state index in [4.69, 9.17) is 5.11 Å². The number of nitrogens with one attached hydrogen (secondary N) is 1. The van der Waals surface area contributed by atoms with E-state index in [-0.39, 0.29) is 22.7 Å². The second kappa shape index (κ2) is 5.70. The molecular weight excluding hydrogens is 328 g/mol. The summed E-state index contributed by atoms with van der Waals surface area (Å²) in [4.78, 5) is 26.8. The lowest BCUT2D eigenvalue weighted by Gasteiger charge is -2.07. The fraction of sp³-hybridized carbons (Fsp3) is 0. The number of aromatic nitrogens is 1. The number of aromatic carboxylic acids is 1. The number of phenols is 1. The van der Waals surface area contributed by atoms with Crippen LogP contribution in [0.2, 0.25) is 0 Å². The largest absolute Gasteiger partial charge is 0.507 e. The fourth-order valence-electron chi connectivity index (χ4n) is 1.51. The van der Waals surface area contributed by atoms with Gasteiger partial charge in [0.15, 0.2) is 0 Å². The number of carboxylic acids is 1. The van der Waals surface area contributed by atoms with Gasteiger partial charge in [-0.15, -0.1) is 0 Å². The van der Waals surface area contributed by atoms with Gasteiger partial charge in [0.2, 0.25) is 0 Å². The topological polar surface area (TPSA) is 99.5 Å². The Hall–Kier alpha value is -2.41. The average molecular weight is 337 g/mol. The molecule has 1 heterocycles. The zero-order valence-electron chi connectivity index (χ0n) is 10.0. The second-order valence-corrected chi connectivity index (χ2v) is 4.68. The highest BCUT2D eigenvalue weighted by Gasteiger charge is 2.15. The summed E-state index contributed by atoms with van der Waals surface area (Å²) < 4.78 is 0.457. The monoisotopic (exact) mass is 336 g/mol. The minimum atomic E-state index is -1.19. The highest BCUT2D eigenvalue weighted by Crippen LogP contribution is 2.24. The van der Waals surface area contributed by atoms with Crippen molar-refractivity contribution in [3.05, 3.63) is 52.1 Å². The van der Waals surface area contributed by atoms with Gasteiger partial charge in [-0.2, -0.15) is 0 Å². The van der Waals surface area contributed by atoms with Crippen LogP contribution in [0.5, 0.6) is 5.75 Å². The maximum absolute atomic E-state index is 12.0. The maximum Gasteiger partial charge on any atom is 0.339 e. The molecule has 0 atom stereocenters. The molecule has 1 aromatic heterocycles. The molecule has 2 aromatic rings. The van der Waals surface area contributed by atoms with Gasteiger partial charge < -0.3 is 15.5 Å². The quantitative estimate of drug-likeness (QED) is 0.799. The number of anilines is 1. The molecule has 1 aromatic carbocycles. The lowest BCUT2D eigenvalue weighted by Crippen LogP contribution is -2.16. The SMILES string of the molecule is O=C(Nc1ncccc1C(=O)O)c1ccc(Br)c(O)c1. The Morgan fingerprint density at radius 3 is 2.65 bits per heavy atom. The molecule has 1 amide bonds. The number of nitrogens with zero attached hydrogens (tertiary/aromatic N) is 1. The maximum atomic E-state index is 12.0. The number of rotatable bonds is 3. The van der Waals surface area contributed by atoms with Crippen molar-refractivity contribution >= 4 is 33.6 Å². The van der Waals surface area contributed by atoms with Crippen molar-refractivity contribution < 1.29 is 19.8 Å². The first-order valence-corrected chi connectivity index (χ1v) is 6.26. The van der Waals surface area contributed by atoms with Crippen LogP contribution in [0.1, 0.15) is 20.7 Å². The van der Waals surface area contributed by atoms with Crippen LogP contribution in [0.3, 0.4) is 0 Å². The third kappa shape index (κ3) is 2.94. The van der Waals surface area contributed by atoms with E-state index < -0.39 is 11.9 Å². The van der Waals surface area contributed by atoms with Gasteiger partial charge in [-0.25, -0.2) is 9.78 Å². The molecule has 0 aliphatic carbocycles. The molecule has 6 nitrogen and oxygen atoms in total. The predicted octanol–water partition coefficient (Wildman–Crippen LogP) is 2.50. The van der Waals surface area contributed by atoms with Crippen LogP contribution in [0.25, 0.3) is 0 Å². The van der Waals surface area contributed by atoms with Gasteiger partial charge in [0.1, 0.15) is 17.1 Å². The first kappa shape index (κ1) is 14.0. The number of carboxylic acid groups (broad SMARTS) is 1. The van der Waals surface area contributed by atoms with E-state index in [1.807, 2.05) is 0 Å². The zero-order chi connectivity index (χ0) is 14.7. The summed E-state index contributed by atoms with van der Waals surface area (Å²) >= 11 is 3.10. The molecule has 7 heteroatoms. The standard InChI is InChI=1S/C13H9BrN2O4/c14-9-4-3-7(6-10(9)17)12(18)16-11-8(13(19)20)2-1-5-15-11/h1-6,17H,(H,19,20)(H,15,16,18). The number of phenolic OH excluding ortho intramolecular Hbond substituents is 1. The van der Waals surface area contributed by atoms with Crippen molar-refractivity contribution in [3.8, 4) is 5.75 Å². The van der Waals surface area contributed by atoms with E-state index in [1.54, 1.807) is 0 Å². The van der Waals surface area contributed by atoms with Gasteiger partial charge in [-0.3, -0.25) is 4.79 Å². The van der Waals surface area contributed by atoms with E-state index in [0.717, 1.165) is 0 Å². The summed E-state index contributed by atoms with van der Waals surface area (Å²) in [7, 11) is 0. The molecule has 0 aliphatic heterocycles. The third-order valence-electron chi connectivity index (χ3n) is 2.48. The Bertz CT molecular complexity index is 688. The molecule has 3 N–H and O–H groups in total. The number of carbonyl (C=O) groups excluding carboxylic acids is 1. The molecule has 0 unspecified atom stereocenters. The number of halogens is 1. The summed E-state index contributed by atoms with van der Waals surface area (Å²) in [6, 6.07) is 7.07. The predicted molar refractivity (Wildman–Crippen MR) is 75.0 cm³/mol. The highest BCUT2D eigenvalue weighted by molar-refractivity contribution is 9.10. The van der Waals surface area contributed by atoms with E-state index >= 15 is 0 Å². The highest BCUT2D eigenvalue weighted by atomic mass is 79.9. The van der Waals surface area contributed by atoms with Gasteiger partial charge in [-0.1, -0.05) is 0 Å². The summed E-state index contributed by atoms with van der Waals surface area (Å²) in [5.41, 5.74) is 0.0786.